The molecule has 12 heavy (non-hydrogen) atoms. The maximum Gasteiger partial charge on any atom is 0.210 e. The zero-order chi connectivity index (χ0) is 9.14. The lowest BCUT2D eigenvalue weighted by molar-refractivity contribution is -0.123. The van der Waals surface area contributed by atoms with Crippen LogP contribution in [0.15, 0.2) is 0 Å². The van der Waals surface area contributed by atoms with Crippen molar-refractivity contribution in [2.75, 3.05) is 6.54 Å². The van der Waals surface area contributed by atoms with Gasteiger partial charge in [0.25, 0.3) is 0 Å². The second-order valence-electron chi connectivity index (χ2n) is 3.75. The fourth-order valence-corrected chi connectivity index (χ4v) is 1.66. The van der Waals surface area contributed by atoms with Gasteiger partial charge in [-0.1, -0.05) is 13.8 Å². The van der Waals surface area contributed by atoms with Crippen molar-refractivity contribution in [2.45, 2.75) is 26.3 Å². The van der Waals surface area contributed by atoms with E-state index >= 15 is 0 Å². The van der Waals surface area contributed by atoms with E-state index in [0.29, 0.717) is 11.8 Å². The molecule has 1 aliphatic rings. The minimum atomic E-state index is -0.171. The van der Waals surface area contributed by atoms with Crippen LogP contribution in [0.3, 0.4) is 0 Å². The molecule has 0 aromatic rings. The fourth-order valence-electron chi connectivity index (χ4n) is 1.66. The second kappa shape index (κ2) is 3.70. The third kappa shape index (κ3) is 1.65. The average molecular weight is 169 g/mol. The van der Waals surface area contributed by atoms with Crippen LogP contribution in [0.4, 0.5) is 0 Å². The quantitative estimate of drug-likeness (QED) is 0.583. The molecule has 0 saturated carbocycles. The SMILES string of the molecule is CC(C)C1CC(C=O)N(C=O)C1. The number of carbonyl (C=O) groups is 2. The van der Waals surface area contributed by atoms with E-state index in [-0.39, 0.29) is 6.04 Å². The summed E-state index contributed by atoms with van der Waals surface area (Å²) in [6, 6.07) is -0.171. The molecule has 1 heterocycles. The monoisotopic (exact) mass is 169 g/mol. The summed E-state index contributed by atoms with van der Waals surface area (Å²) in [6.45, 7) is 4.99. The Bertz CT molecular complexity index is 163. The summed E-state index contributed by atoms with van der Waals surface area (Å²) in [7, 11) is 0. The number of aldehydes is 1. The molecule has 0 radical (unpaired) electrons. The topological polar surface area (TPSA) is 37.4 Å². The summed E-state index contributed by atoms with van der Waals surface area (Å²) in [6.07, 6.45) is 2.48. The van der Waals surface area contributed by atoms with Crippen LogP contribution in [-0.2, 0) is 9.59 Å². The van der Waals surface area contributed by atoms with Crippen molar-refractivity contribution in [1.82, 2.24) is 4.90 Å². The number of amides is 1. The highest BCUT2D eigenvalue weighted by atomic mass is 16.1. The van der Waals surface area contributed by atoms with E-state index in [4.69, 9.17) is 0 Å². The Hall–Kier alpha value is -0.860. The highest BCUT2D eigenvalue weighted by Gasteiger charge is 2.32. The predicted octanol–water partition coefficient (Wildman–Crippen LogP) is 0.688. The molecule has 68 valence electrons. The van der Waals surface area contributed by atoms with Crippen LogP contribution < -0.4 is 0 Å². The molecule has 2 atom stereocenters. The van der Waals surface area contributed by atoms with Gasteiger partial charge in [-0.15, -0.1) is 0 Å². The zero-order valence-electron chi connectivity index (χ0n) is 7.56. The first-order valence-electron chi connectivity index (χ1n) is 4.35. The lowest BCUT2D eigenvalue weighted by Gasteiger charge is -2.14. The van der Waals surface area contributed by atoms with Gasteiger partial charge in [-0.3, -0.25) is 4.79 Å². The maximum atomic E-state index is 10.5. The van der Waals surface area contributed by atoms with Crippen molar-refractivity contribution in [2.24, 2.45) is 11.8 Å². The number of hydrogen-bond donors (Lipinski definition) is 0. The van der Waals surface area contributed by atoms with Crippen LogP contribution in [0, 0.1) is 11.8 Å². The van der Waals surface area contributed by atoms with Crippen molar-refractivity contribution < 1.29 is 9.59 Å². The molecule has 1 saturated heterocycles. The lowest BCUT2D eigenvalue weighted by atomic mass is 9.94. The third-order valence-corrected chi connectivity index (χ3v) is 2.65. The molecule has 1 aliphatic heterocycles. The molecule has 2 unspecified atom stereocenters. The van der Waals surface area contributed by atoms with Crippen LogP contribution in [0.5, 0.6) is 0 Å². The Morgan fingerprint density at radius 1 is 1.42 bits per heavy atom. The third-order valence-electron chi connectivity index (χ3n) is 2.65. The van der Waals surface area contributed by atoms with Crippen LogP contribution in [0.1, 0.15) is 20.3 Å². The normalized spacial score (nSPS) is 29.4. The van der Waals surface area contributed by atoms with Crippen molar-refractivity contribution in [3.63, 3.8) is 0 Å². The molecule has 3 heteroatoms. The average Bonchev–Trinajstić information content (AvgIpc) is 2.46. The first-order chi connectivity index (χ1) is 5.69. The van der Waals surface area contributed by atoms with Gasteiger partial charge in [0.1, 0.15) is 6.29 Å². The molecule has 0 bridgehead atoms. The minimum absolute atomic E-state index is 0.171. The van der Waals surface area contributed by atoms with Crippen molar-refractivity contribution in [1.29, 1.82) is 0 Å². The van der Waals surface area contributed by atoms with Gasteiger partial charge < -0.3 is 9.69 Å². The number of nitrogens with zero attached hydrogens (tertiary/aromatic N) is 1. The second-order valence-corrected chi connectivity index (χ2v) is 3.75. The Morgan fingerprint density at radius 3 is 2.42 bits per heavy atom. The number of hydrogen-bond acceptors (Lipinski definition) is 2. The summed E-state index contributed by atoms with van der Waals surface area (Å²) in [5.74, 6) is 1.04. The molecule has 1 fully saturated rings. The molecule has 0 spiro atoms. The maximum absolute atomic E-state index is 10.5. The summed E-state index contributed by atoms with van der Waals surface area (Å²) >= 11 is 0. The molecule has 0 N–H and O–H groups in total. The van der Waals surface area contributed by atoms with E-state index in [2.05, 4.69) is 13.8 Å². The van der Waals surface area contributed by atoms with Gasteiger partial charge in [-0.2, -0.15) is 0 Å². The molecule has 0 aliphatic carbocycles. The molecule has 1 rings (SSSR count). The van der Waals surface area contributed by atoms with Gasteiger partial charge in [-0.05, 0) is 18.3 Å². The molecule has 3 nitrogen and oxygen atoms in total. The van der Waals surface area contributed by atoms with Crippen molar-refractivity contribution in [3.05, 3.63) is 0 Å². The van der Waals surface area contributed by atoms with Crippen LogP contribution in [0.2, 0.25) is 0 Å². The van der Waals surface area contributed by atoms with Gasteiger partial charge in [0.15, 0.2) is 0 Å². The smallest absolute Gasteiger partial charge is 0.210 e. The largest absolute Gasteiger partial charge is 0.335 e. The predicted molar refractivity (Wildman–Crippen MR) is 45.6 cm³/mol. The molecular formula is C9H15NO2. The number of carbonyl (C=O) groups excluding carboxylic acids is 2. The van der Waals surface area contributed by atoms with Gasteiger partial charge >= 0.3 is 0 Å². The van der Waals surface area contributed by atoms with E-state index in [1.54, 1.807) is 4.90 Å². The first kappa shape index (κ1) is 9.23. The number of rotatable bonds is 3. The summed E-state index contributed by atoms with van der Waals surface area (Å²) in [4.78, 5) is 22.7. The Kier molecular flexibility index (Phi) is 2.84. The molecule has 0 aromatic carbocycles. The number of likely N-dealkylation sites (tertiary alicyclic amines) is 1. The molecule has 1 amide bonds. The Morgan fingerprint density at radius 2 is 2.08 bits per heavy atom. The van der Waals surface area contributed by atoms with Gasteiger partial charge in [0.2, 0.25) is 6.41 Å². The van der Waals surface area contributed by atoms with E-state index < -0.39 is 0 Å². The van der Waals surface area contributed by atoms with E-state index in [1.807, 2.05) is 0 Å². The van der Waals surface area contributed by atoms with Crippen LogP contribution in [-0.4, -0.2) is 30.2 Å². The molecule has 0 aromatic heterocycles. The van der Waals surface area contributed by atoms with Gasteiger partial charge in [0, 0.05) is 6.54 Å². The van der Waals surface area contributed by atoms with Crippen molar-refractivity contribution >= 4 is 12.7 Å². The van der Waals surface area contributed by atoms with Crippen molar-refractivity contribution in [3.8, 4) is 0 Å². The summed E-state index contributed by atoms with van der Waals surface area (Å²) in [5, 5.41) is 0. The highest BCUT2D eigenvalue weighted by Crippen LogP contribution is 2.26. The van der Waals surface area contributed by atoms with Gasteiger partial charge in [0.05, 0.1) is 6.04 Å². The molecular weight excluding hydrogens is 154 g/mol. The summed E-state index contributed by atoms with van der Waals surface area (Å²) < 4.78 is 0. The fraction of sp³-hybridized carbons (Fsp3) is 0.778. The first-order valence-corrected chi connectivity index (χ1v) is 4.35. The summed E-state index contributed by atoms with van der Waals surface area (Å²) in [5.41, 5.74) is 0. The zero-order valence-corrected chi connectivity index (χ0v) is 7.56. The van der Waals surface area contributed by atoms with E-state index in [1.165, 1.54) is 0 Å². The van der Waals surface area contributed by atoms with E-state index in [9.17, 15) is 9.59 Å². The minimum Gasteiger partial charge on any atom is -0.335 e. The van der Waals surface area contributed by atoms with Crippen LogP contribution >= 0.6 is 0 Å². The van der Waals surface area contributed by atoms with Crippen LogP contribution in [0.25, 0.3) is 0 Å². The Labute approximate surface area is 72.7 Å². The standard InChI is InChI=1S/C9H15NO2/c1-7(2)8-3-9(5-11)10(4-8)6-12/h5-9H,3-4H2,1-2H3. The van der Waals surface area contributed by atoms with Gasteiger partial charge in [-0.25, -0.2) is 0 Å². The highest BCUT2D eigenvalue weighted by molar-refractivity contribution is 5.64. The Balaban J connectivity index is 2.58. The van der Waals surface area contributed by atoms with E-state index in [0.717, 1.165) is 25.7 Å². The lowest BCUT2D eigenvalue weighted by Crippen LogP contribution is -2.29.